The number of aromatic nitrogens is 2. The Morgan fingerprint density at radius 1 is 1.64 bits per heavy atom. The highest BCUT2D eigenvalue weighted by molar-refractivity contribution is 7.71. The average Bonchev–Trinajstić information content (AvgIpc) is 1.85. The van der Waals surface area contributed by atoms with E-state index in [-0.39, 0.29) is 0 Å². The molecular formula is C7H11N3S. The third-order valence-electron chi connectivity index (χ3n) is 1.19. The van der Waals surface area contributed by atoms with Gasteiger partial charge in [-0.15, -0.1) is 0 Å². The molecule has 11 heavy (non-hydrogen) atoms. The first-order chi connectivity index (χ1) is 5.18. The molecule has 3 nitrogen and oxygen atoms in total. The molecule has 1 N–H and O–H groups in total. The lowest BCUT2D eigenvalue weighted by atomic mass is 10.5. The second kappa shape index (κ2) is 3.59. The monoisotopic (exact) mass is 169 g/mol. The summed E-state index contributed by atoms with van der Waals surface area (Å²) in [5, 5.41) is 0. The van der Waals surface area contributed by atoms with Gasteiger partial charge in [-0.2, -0.15) is 0 Å². The van der Waals surface area contributed by atoms with Gasteiger partial charge in [0.05, 0.1) is 6.54 Å². The van der Waals surface area contributed by atoms with Crippen molar-refractivity contribution >= 4 is 12.2 Å². The molecule has 0 spiro atoms. The lowest BCUT2D eigenvalue weighted by molar-refractivity contribution is 0.390. The van der Waals surface area contributed by atoms with Crippen LogP contribution < -0.4 is 0 Å². The summed E-state index contributed by atoms with van der Waals surface area (Å²) in [4.78, 5) is 9.15. The number of nitrogens with one attached hydrogen (secondary N) is 1. The Bertz CT molecular complexity index is 279. The molecule has 0 aliphatic carbocycles. The van der Waals surface area contributed by atoms with Crippen LogP contribution in [-0.2, 0) is 6.54 Å². The Morgan fingerprint density at radius 2 is 2.36 bits per heavy atom. The van der Waals surface area contributed by atoms with E-state index in [0.29, 0.717) is 0 Å². The van der Waals surface area contributed by atoms with Gasteiger partial charge in [0.1, 0.15) is 10.5 Å². The second-order valence-corrected chi connectivity index (χ2v) is 3.06. The maximum Gasteiger partial charge on any atom is 0.121 e. The zero-order valence-corrected chi connectivity index (χ0v) is 7.48. The Labute approximate surface area is 71.1 Å². The van der Waals surface area contributed by atoms with E-state index >= 15 is 0 Å². The summed E-state index contributed by atoms with van der Waals surface area (Å²) in [5.41, 5.74) is 0. The Kier molecular flexibility index (Phi) is 2.73. The first-order valence-electron chi connectivity index (χ1n) is 3.37. The Balaban J connectivity index is 2.80. The van der Waals surface area contributed by atoms with E-state index in [1.807, 2.05) is 19.0 Å². The fourth-order valence-electron chi connectivity index (χ4n) is 0.791. The van der Waals surface area contributed by atoms with Crippen LogP contribution in [0.1, 0.15) is 5.82 Å². The van der Waals surface area contributed by atoms with E-state index in [1.54, 1.807) is 12.3 Å². The van der Waals surface area contributed by atoms with Crippen molar-refractivity contribution in [3.8, 4) is 0 Å². The smallest absolute Gasteiger partial charge is 0.121 e. The van der Waals surface area contributed by atoms with Crippen LogP contribution in [-0.4, -0.2) is 29.0 Å². The van der Waals surface area contributed by atoms with Gasteiger partial charge in [0.2, 0.25) is 0 Å². The van der Waals surface area contributed by atoms with E-state index in [1.165, 1.54) is 0 Å². The van der Waals surface area contributed by atoms with Gasteiger partial charge in [-0.1, -0.05) is 12.2 Å². The zero-order valence-electron chi connectivity index (χ0n) is 6.66. The number of rotatable bonds is 2. The van der Waals surface area contributed by atoms with Crippen molar-refractivity contribution < 1.29 is 0 Å². The van der Waals surface area contributed by atoms with Crippen LogP contribution in [0.2, 0.25) is 0 Å². The minimum Gasteiger partial charge on any atom is -0.334 e. The zero-order chi connectivity index (χ0) is 8.27. The Morgan fingerprint density at radius 3 is 2.91 bits per heavy atom. The molecular weight excluding hydrogens is 158 g/mol. The molecule has 1 heterocycles. The summed E-state index contributed by atoms with van der Waals surface area (Å²) in [6.45, 7) is 0.796. The third kappa shape index (κ3) is 2.78. The molecule has 0 saturated carbocycles. The van der Waals surface area contributed by atoms with Crippen molar-refractivity contribution in [2.24, 2.45) is 0 Å². The molecule has 0 aliphatic heterocycles. The molecule has 0 radical (unpaired) electrons. The van der Waals surface area contributed by atoms with Gasteiger partial charge >= 0.3 is 0 Å². The molecule has 1 aromatic rings. The number of nitrogens with zero attached hydrogens (tertiary/aromatic N) is 2. The molecule has 0 aromatic carbocycles. The number of H-pyrrole nitrogens is 1. The summed E-state index contributed by atoms with van der Waals surface area (Å²) in [7, 11) is 3.98. The van der Waals surface area contributed by atoms with Gasteiger partial charge in [0.25, 0.3) is 0 Å². The lowest BCUT2D eigenvalue weighted by Gasteiger charge is -2.07. The highest BCUT2D eigenvalue weighted by Gasteiger charge is 1.94. The van der Waals surface area contributed by atoms with E-state index < -0.39 is 0 Å². The molecule has 60 valence electrons. The Hall–Kier alpha value is -0.740. The van der Waals surface area contributed by atoms with Crippen molar-refractivity contribution in [1.29, 1.82) is 0 Å². The predicted molar refractivity (Wildman–Crippen MR) is 46.8 cm³/mol. The highest BCUT2D eigenvalue weighted by atomic mass is 32.1. The summed E-state index contributed by atoms with van der Waals surface area (Å²) in [6.07, 6.45) is 1.72. The first-order valence-corrected chi connectivity index (χ1v) is 3.78. The minimum absolute atomic E-state index is 0.733. The summed E-state index contributed by atoms with van der Waals surface area (Å²) in [5.74, 6) is 0.905. The molecule has 0 bridgehead atoms. The van der Waals surface area contributed by atoms with Crippen molar-refractivity contribution in [3.05, 3.63) is 22.7 Å². The summed E-state index contributed by atoms with van der Waals surface area (Å²) in [6, 6.07) is 1.77. The van der Waals surface area contributed by atoms with Gasteiger partial charge in [-0.05, 0) is 20.2 Å². The van der Waals surface area contributed by atoms with Crippen molar-refractivity contribution in [3.63, 3.8) is 0 Å². The van der Waals surface area contributed by atoms with Crippen LogP contribution in [0.15, 0.2) is 12.3 Å². The highest BCUT2D eigenvalue weighted by Crippen LogP contribution is 1.92. The SMILES string of the molecule is CN(C)Cc1nccc(=S)[nH]1. The molecule has 0 aliphatic rings. The lowest BCUT2D eigenvalue weighted by Crippen LogP contribution is -2.13. The standard InChI is InChI=1S/C7H11N3S/c1-10(2)5-6-8-4-3-7(11)9-6/h3-4H,5H2,1-2H3,(H,8,9,11). The first kappa shape index (κ1) is 8.36. The molecule has 1 rings (SSSR count). The molecule has 1 aromatic heterocycles. The largest absolute Gasteiger partial charge is 0.334 e. The van der Waals surface area contributed by atoms with Gasteiger partial charge in [0.15, 0.2) is 0 Å². The summed E-state index contributed by atoms with van der Waals surface area (Å²) >= 11 is 4.94. The predicted octanol–water partition coefficient (Wildman–Crippen LogP) is 1.20. The maximum absolute atomic E-state index is 4.94. The van der Waals surface area contributed by atoms with Crippen molar-refractivity contribution in [1.82, 2.24) is 14.9 Å². The van der Waals surface area contributed by atoms with Crippen molar-refractivity contribution in [2.75, 3.05) is 14.1 Å². The van der Waals surface area contributed by atoms with Crippen LogP contribution in [0.3, 0.4) is 0 Å². The maximum atomic E-state index is 4.94. The third-order valence-corrected chi connectivity index (χ3v) is 1.43. The molecule has 0 fully saturated rings. The fourth-order valence-corrected chi connectivity index (χ4v) is 0.970. The molecule has 0 saturated heterocycles. The molecule has 0 atom stereocenters. The quantitative estimate of drug-likeness (QED) is 0.675. The van der Waals surface area contributed by atoms with Crippen molar-refractivity contribution in [2.45, 2.75) is 6.54 Å². The summed E-state index contributed by atoms with van der Waals surface area (Å²) < 4.78 is 0.733. The molecule has 0 unspecified atom stereocenters. The number of hydrogen-bond acceptors (Lipinski definition) is 3. The number of hydrogen-bond donors (Lipinski definition) is 1. The van der Waals surface area contributed by atoms with E-state index in [9.17, 15) is 0 Å². The average molecular weight is 169 g/mol. The van der Waals surface area contributed by atoms with E-state index in [0.717, 1.165) is 17.0 Å². The van der Waals surface area contributed by atoms with Crippen LogP contribution in [0.4, 0.5) is 0 Å². The van der Waals surface area contributed by atoms with Crippen LogP contribution in [0.5, 0.6) is 0 Å². The molecule has 4 heteroatoms. The number of aromatic amines is 1. The minimum atomic E-state index is 0.733. The van der Waals surface area contributed by atoms with Gasteiger partial charge in [-0.3, -0.25) is 0 Å². The topological polar surface area (TPSA) is 31.9 Å². The van der Waals surface area contributed by atoms with Crippen LogP contribution >= 0.6 is 12.2 Å². The van der Waals surface area contributed by atoms with Crippen LogP contribution in [0.25, 0.3) is 0 Å². The van der Waals surface area contributed by atoms with Gasteiger partial charge < -0.3 is 9.88 Å². The normalized spacial score (nSPS) is 10.5. The van der Waals surface area contributed by atoms with Crippen LogP contribution in [0, 0.1) is 4.64 Å². The fraction of sp³-hybridized carbons (Fsp3) is 0.429. The van der Waals surface area contributed by atoms with E-state index in [2.05, 4.69) is 9.97 Å². The van der Waals surface area contributed by atoms with Gasteiger partial charge in [0, 0.05) is 6.20 Å². The van der Waals surface area contributed by atoms with E-state index in [4.69, 9.17) is 12.2 Å². The molecule has 0 amide bonds. The van der Waals surface area contributed by atoms with Gasteiger partial charge in [-0.25, -0.2) is 4.98 Å². The second-order valence-electron chi connectivity index (χ2n) is 2.62.